The van der Waals surface area contributed by atoms with Gasteiger partial charge in [0.1, 0.15) is 0 Å². The quantitative estimate of drug-likeness (QED) is 0.682. The monoisotopic (exact) mass is 330 g/mol. The highest BCUT2D eigenvalue weighted by Crippen LogP contribution is 2.61. The van der Waals surface area contributed by atoms with Crippen molar-refractivity contribution in [1.29, 1.82) is 0 Å². The van der Waals surface area contributed by atoms with Crippen LogP contribution in [0.25, 0.3) is 0 Å². The Balaban J connectivity index is 1.81. The Morgan fingerprint density at radius 2 is 1.78 bits per heavy atom. The standard InChI is InChI=1S/C21H30OS/c1-19(2)12-8-13-20(3)18(19)11-7-14-21(20,22)15-16-23-17-9-5-4-6-10-17/h4-6,9-10,15-16,18,22H,7-8,11-14H2,1-3H3/b16-15+/t18-,20-,21?/m1/s1. The molecule has 1 aromatic carbocycles. The van der Waals surface area contributed by atoms with E-state index in [0.717, 1.165) is 19.3 Å². The van der Waals surface area contributed by atoms with Gasteiger partial charge in [-0.2, -0.15) is 0 Å². The smallest absolute Gasteiger partial charge is 0.0891 e. The van der Waals surface area contributed by atoms with Crippen molar-refractivity contribution in [3.05, 3.63) is 41.8 Å². The van der Waals surface area contributed by atoms with E-state index in [2.05, 4.69) is 56.5 Å². The first-order valence-electron chi connectivity index (χ1n) is 8.99. The lowest BCUT2D eigenvalue weighted by Crippen LogP contribution is -2.58. The third-order valence-electron chi connectivity index (χ3n) is 6.56. The lowest BCUT2D eigenvalue weighted by atomic mass is 9.47. The van der Waals surface area contributed by atoms with Crippen LogP contribution in [0.5, 0.6) is 0 Å². The van der Waals surface area contributed by atoms with Crippen LogP contribution in [-0.4, -0.2) is 10.7 Å². The minimum atomic E-state index is -0.657. The first-order valence-corrected chi connectivity index (χ1v) is 9.87. The zero-order valence-electron chi connectivity index (χ0n) is 14.7. The van der Waals surface area contributed by atoms with Gasteiger partial charge in [-0.25, -0.2) is 0 Å². The summed E-state index contributed by atoms with van der Waals surface area (Å²) in [5.74, 6) is 0.619. The average Bonchev–Trinajstić information content (AvgIpc) is 2.50. The van der Waals surface area contributed by atoms with Crippen molar-refractivity contribution in [1.82, 2.24) is 0 Å². The molecular weight excluding hydrogens is 300 g/mol. The second-order valence-electron chi connectivity index (χ2n) is 8.36. The van der Waals surface area contributed by atoms with Gasteiger partial charge in [0.2, 0.25) is 0 Å². The minimum Gasteiger partial charge on any atom is -0.385 e. The van der Waals surface area contributed by atoms with Crippen molar-refractivity contribution in [2.75, 3.05) is 0 Å². The Morgan fingerprint density at radius 1 is 1.04 bits per heavy atom. The highest BCUT2D eigenvalue weighted by molar-refractivity contribution is 8.02. The summed E-state index contributed by atoms with van der Waals surface area (Å²) in [6, 6.07) is 10.4. The summed E-state index contributed by atoms with van der Waals surface area (Å²) in [6.07, 6.45) is 9.11. The average molecular weight is 331 g/mol. The zero-order valence-corrected chi connectivity index (χ0v) is 15.5. The van der Waals surface area contributed by atoms with Crippen molar-refractivity contribution in [3.8, 4) is 0 Å². The van der Waals surface area contributed by atoms with Crippen LogP contribution in [0.4, 0.5) is 0 Å². The molecule has 1 nitrogen and oxygen atoms in total. The summed E-state index contributed by atoms with van der Waals surface area (Å²) in [4.78, 5) is 1.23. The molecule has 0 spiro atoms. The van der Waals surface area contributed by atoms with Gasteiger partial charge in [0.05, 0.1) is 5.60 Å². The summed E-state index contributed by atoms with van der Waals surface area (Å²) < 4.78 is 0. The van der Waals surface area contributed by atoms with Crippen LogP contribution in [0.3, 0.4) is 0 Å². The Hall–Kier alpha value is -0.730. The van der Waals surface area contributed by atoms with Gasteiger partial charge in [-0.1, -0.05) is 57.2 Å². The van der Waals surface area contributed by atoms with Gasteiger partial charge in [0, 0.05) is 10.3 Å². The molecule has 2 aliphatic rings. The van der Waals surface area contributed by atoms with E-state index in [1.165, 1.54) is 24.2 Å². The maximum atomic E-state index is 11.5. The Morgan fingerprint density at radius 3 is 2.52 bits per heavy atom. The van der Waals surface area contributed by atoms with E-state index in [1.807, 2.05) is 6.07 Å². The fourth-order valence-electron chi connectivity index (χ4n) is 5.21. The highest BCUT2D eigenvalue weighted by atomic mass is 32.2. The predicted octanol–water partition coefficient (Wildman–Crippen LogP) is 6.04. The van der Waals surface area contributed by atoms with Gasteiger partial charge < -0.3 is 5.11 Å². The molecule has 0 saturated heterocycles. The first-order chi connectivity index (χ1) is 10.9. The number of hydrogen-bond donors (Lipinski definition) is 1. The van der Waals surface area contributed by atoms with Gasteiger partial charge in [-0.15, -0.1) is 0 Å². The number of fused-ring (bicyclic) bond motifs is 1. The molecule has 0 aromatic heterocycles. The molecule has 126 valence electrons. The molecule has 3 atom stereocenters. The van der Waals surface area contributed by atoms with E-state index in [9.17, 15) is 5.11 Å². The van der Waals surface area contributed by atoms with E-state index < -0.39 is 5.60 Å². The molecule has 23 heavy (non-hydrogen) atoms. The topological polar surface area (TPSA) is 20.2 Å². The van der Waals surface area contributed by atoms with Crippen molar-refractivity contribution < 1.29 is 5.11 Å². The highest BCUT2D eigenvalue weighted by Gasteiger charge is 2.57. The van der Waals surface area contributed by atoms with Crippen molar-refractivity contribution in [2.24, 2.45) is 16.7 Å². The summed E-state index contributed by atoms with van der Waals surface area (Å²) in [5, 5.41) is 13.7. The number of aliphatic hydroxyl groups is 1. The predicted molar refractivity (Wildman–Crippen MR) is 99.5 cm³/mol. The Kier molecular flexibility index (Phi) is 4.68. The number of hydrogen-bond acceptors (Lipinski definition) is 2. The van der Waals surface area contributed by atoms with Crippen LogP contribution in [-0.2, 0) is 0 Å². The van der Waals surface area contributed by atoms with Crippen LogP contribution < -0.4 is 0 Å². The van der Waals surface area contributed by atoms with Crippen LogP contribution >= 0.6 is 11.8 Å². The van der Waals surface area contributed by atoms with Gasteiger partial charge in [0.25, 0.3) is 0 Å². The van der Waals surface area contributed by atoms with Gasteiger partial charge in [-0.05, 0) is 67.1 Å². The van der Waals surface area contributed by atoms with E-state index >= 15 is 0 Å². The summed E-state index contributed by atoms with van der Waals surface area (Å²) in [6.45, 7) is 7.15. The molecular formula is C21H30OS. The first kappa shape index (κ1) is 17.1. The largest absolute Gasteiger partial charge is 0.385 e. The van der Waals surface area contributed by atoms with E-state index in [4.69, 9.17) is 0 Å². The summed E-state index contributed by atoms with van der Waals surface area (Å²) in [7, 11) is 0. The number of thioether (sulfide) groups is 1. The zero-order chi connectivity index (χ0) is 16.6. The van der Waals surface area contributed by atoms with Gasteiger partial charge in [0.15, 0.2) is 0 Å². The molecule has 0 amide bonds. The van der Waals surface area contributed by atoms with Crippen LogP contribution in [0.2, 0.25) is 0 Å². The molecule has 0 heterocycles. The molecule has 2 heteroatoms. The molecule has 0 radical (unpaired) electrons. The van der Waals surface area contributed by atoms with E-state index in [0.29, 0.717) is 11.3 Å². The molecule has 1 unspecified atom stereocenters. The normalized spacial score (nSPS) is 36.8. The molecule has 1 aromatic rings. The number of rotatable bonds is 3. The second kappa shape index (κ2) is 6.29. The van der Waals surface area contributed by atoms with E-state index in [-0.39, 0.29) is 5.41 Å². The van der Waals surface area contributed by atoms with E-state index in [1.54, 1.807) is 11.8 Å². The fraction of sp³-hybridized carbons (Fsp3) is 0.619. The molecule has 3 rings (SSSR count). The maximum absolute atomic E-state index is 11.5. The van der Waals surface area contributed by atoms with Gasteiger partial charge in [-0.3, -0.25) is 0 Å². The lowest BCUT2D eigenvalue weighted by molar-refractivity contribution is -0.157. The van der Waals surface area contributed by atoms with Crippen molar-refractivity contribution in [3.63, 3.8) is 0 Å². The van der Waals surface area contributed by atoms with Crippen LogP contribution in [0.15, 0.2) is 46.7 Å². The lowest BCUT2D eigenvalue weighted by Gasteiger charge is -2.60. The summed E-state index contributed by atoms with van der Waals surface area (Å²) in [5.41, 5.74) is -0.294. The van der Waals surface area contributed by atoms with Gasteiger partial charge >= 0.3 is 0 Å². The number of benzene rings is 1. The maximum Gasteiger partial charge on any atom is 0.0891 e. The minimum absolute atomic E-state index is 0.0146. The fourth-order valence-corrected chi connectivity index (χ4v) is 5.97. The van der Waals surface area contributed by atoms with Crippen molar-refractivity contribution >= 4 is 11.8 Å². The third kappa shape index (κ3) is 3.13. The molecule has 2 fully saturated rings. The van der Waals surface area contributed by atoms with Crippen molar-refractivity contribution in [2.45, 2.75) is 69.8 Å². The summed E-state index contributed by atoms with van der Waals surface area (Å²) >= 11 is 1.71. The van der Waals surface area contributed by atoms with Crippen LogP contribution in [0, 0.1) is 16.7 Å². The molecule has 2 aliphatic carbocycles. The molecule has 0 aliphatic heterocycles. The molecule has 1 N–H and O–H groups in total. The SMILES string of the molecule is CC1(C)CCC[C@]2(C)[C@@H]1CCCC2(O)/C=C/Sc1ccccc1. The molecule has 0 bridgehead atoms. The Labute approximate surface area is 145 Å². The Bertz CT molecular complexity index is 564. The molecule has 2 saturated carbocycles. The third-order valence-corrected chi connectivity index (χ3v) is 7.38. The second-order valence-corrected chi connectivity index (χ2v) is 9.34. The van der Waals surface area contributed by atoms with Crippen LogP contribution in [0.1, 0.15) is 59.3 Å².